The summed E-state index contributed by atoms with van der Waals surface area (Å²) in [5, 5.41) is 9.29. The van der Waals surface area contributed by atoms with Crippen molar-refractivity contribution in [2.75, 3.05) is 7.11 Å². The maximum absolute atomic E-state index is 12.3. The number of aromatic nitrogens is 2. The molecule has 1 aromatic heterocycles. The second kappa shape index (κ2) is 4.91. The van der Waals surface area contributed by atoms with Gasteiger partial charge in [-0.3, -0.25) is 4.79 Å². The molecule has 5 nitrogen and oxygen atoms in total. The third-order valence-electron chi connectivity index (χ3n) is 5.11. The Labute approximate surface area is 130 Å². The highest BCUT2D eigenvalue weighted by Gasteiger charge is 2.49. The van der Waals surface area contributed by atoms with Gasteiger partial charge < -0.3 is 4.74 Å². The predicted molar refractivity (Wildman–Crippen MR) is 80.4 cm³/mol. The number of hydrogen-bond acceptors (Lipinski definition) is 5. The summed E-state index contributed by atoms with van der Waals surface area (Å²) < 4.78 is 5.42. The Balaban J connectivity index is 2.28. The van der Waals surface area contributed by atoms with Gasteiger partial charge in [-0.1, -0.05) is 19.9 Å². The molecular weight excluding hydrogens is 278 g/mol. The molecule has 0 spiro atoms. The lowest BCUT2D eigenvalue weighted by Crippen LogP contribution is -2.46. The first-order chi connectivity index (χ1) is 10.4. The van der Waals surface area contributed by atoms with Crippen molar-refractivity contribution >= 4 is 5.78 Å². The number of allylic oxidation sites excluding steroid dienone is 2. The van der Waals surface area contributed by atoms with Crippen LogP contribution >= 0.6 is 0 Å². The molecule has 0 fully saturated rings. The first-order valence-electron chi connectivity index (χ1n) is 7.51. The smallest absolute Gasteiger partial charge is 0.219 e. The summed E-state index contributed by atoms with van der Waals surface area (Å²) in [5.74, 6) is 1.20. The van der Waals surface area contributed by atoms with Crippen LogP contribution in [-0.2, 0) is 16.6 Å². The Morgan fingerprint density at radius 3 is 2.82 bits per heavy atom. The SMILES string of the molecule is COc1nc(C)nc2c1CC[C@@H]1[C@@H](C)C(=O)C(C#N)=C[C@@]21C. The minimum atomic E-state index is -0.424. The number of nitrogens with zero attached hydrogens (tertiary/aromatic N) is 3. The molecule has 0 unspecified atom stereocenters. The van der Waals surface area contributed by atoms with Gasteiger partial charge in [0.05, 0.1) is 18.4 Å². The fourth-order valence-corrected chi connectivity index (χ4v) is 4.02. The van der Waals surface area contributed by atoms with Crippen molar-refractivity contribution in [2.45, 2.75) is 39.0 Å². The Morgan fingerprint density at radius 1 is 1.45 bits per heavy atom. The zero-order valence-corrected chi connectivity index (χ0v) is 13.3. The Bertz CT molecular complexity index is 732. The number of methoxy groups -OCH3 is 1. The van der Waals surface area contributed by atoms with Gasteiger partial charge >= 0.3 is 0 Å². The van der Waals surface area contributed by atoms with Gasteiger partial charge in [-0.15, -0.1) is 0 Å². The molecule has 2 aliphatic rings. The van der Waals surface area contributed by atoms with Crippen molar-refractivity contribution in [3.05, 3.63) is 28.7 Å². The molecule has 114 valence electrons. The number of aryl methyl sites for hydroxylation is 1. The summed E-state index contributed by atoms with van der Waals surface area (Å²) in [7, 11) is 1.61. The lowest BCUT2D eigenvalue weighted by Gasteiger charge is -2.45. The van der Waals surface area contributed by atoms with Gasteiger partial charge in [-0.2, -0.15) is 10.2 Å². The molecule has 0 radical (unpaired) electrons. The van der Waals surface area contributed by atoms with Crippen molar-refractivity contribution in [2.24, 2.45) is 11.8 Å². The van der Waals surface area contributed by atoms with Gasteiger partial charge in [0.25, 0.3) is 0 Å². The van der Waals surface area contributed by atoms with Gasteiger partial charge in [-0.25, -0.2) is 4.98 Å². The van der Waals surface area contributed by atoms with Crippen LogP contribution in [0, 0.1) is 30.1 Å². The van der Waals surface area contributed by atoms with Crippen LogP contribution in [0.3, 0.4) is 0 Å². The van der Waals surface area contributed by atoms with Crippen LogP contribution in [0.15, 0.2) is 11.6 Å². The first-order valence-corrected chi connectivity index (χ1v) is 7.51. The van der Waals surface area contributed by atoms with E-state index in [1.807, 2.05) is 19.9 Å². The summed E-state index contributed by atoms with van der Waals surface area (Å²) in [6.45, 7) is 5.83. The van der Waals surface area contributed by atoms with E-state index in [1.165, 1.54) is 0 Å². The van der Waals surface area contributed by atoms with E-state index in [9.17, 15) is 10.1 Å². The van der Waals surface area contributed by atoms with Crippen LogP contribution in [0.1, 0.15) is 37.4 Å². The monoisotopic (exact) mass is 297 g/mol. The Hall–Kier alpha value is -2.22. The highest BCUT2D eigenvalue weighted by Crippen LogP contribution is 2.50. The van der Waals surface area contributed by atoms with Gasteiger partial charge in [0, 0.05) is 16.9 Å². The molecule has 0 saturated heterocycles. The van der Waals surface area contributed by atoms with Crippen LogP contribution in [-0.4, -0.2) is 22.9 Å². The zero-order chi connectivity index (χ0) is 16.1. The second-order valence-corrected chi connectivity index (χ2v) is 6.36. The largest absolute Gasteiger partial charge is 0.481 e. The van der Waals surface area contributed by atoms with Crippen LogP contribution in [0.4, 0.5) is 0 Å². The maximum atomic E-state index is 12.3. The van der Waals surface area contributed by atoms with Crippen molar-refractivity contribution < 1.29 is 9.53 Å². The summed E-state index contributed by atoms with van der Waals surface area (Å²) in [5.41, 5.74) is 1.73. The van der Waals surface area contributed by atoms with Crippen molar-refractivity contribution in [3.63, 3.8) is 0 Å². The third kappa shape index (κ3) is 1.87. The molecule has 2 aliphatic carbocycles. The molecule has 0 bridgehead atoms. The fraction of sp³-hybridized carbons (Fsp3) is 0.529. The quantitative estimate of drug-likeness (QED) is 0.795. The normalized spacial score (nSPS) is 30.0. The molecule has 0 saturated carbocycles. The van der Waals surface area contributed by atoms with Crippen LogP contribution in [0.25, 0.3) is 0 Å². The van der Waals surface area contributed by atoms with Crippen molar-refractivity contribution in [1.82, 2.24) is 9.97 Å². The summed E-state index contributed by atoms with van der Waals surface area (Å²) in [6, 6.07) is 2.05. The van der Waals surface area contributed by atoms with E-state index in [2.05, 4.69) is 23.0 Å². The summed E-state index contributed by atoms with van der Waals surface area (Å²) in [6.07, 6.45) is 3.48. The van der Waals surface area contributed by atoms with Crippen LogP contribution < -0.4 is 4.74 Å². The molecule has 22 heavy (non-hydrogen) atoms. The van der Waals surface area contributed by atoms with Gasteiger partial charge in [0.15, 0.2) is 5.78 Å². The average Bonchev–Trinajstić information content (AvgIpc) is 2.50. The third-order valence-corrected chi connectivity index (χ3v) is 5.11. The molecule has 0 amide bonds. The van der Waals surface area contributed by atoms with Crippen LogP contribution in [0.5, 0.6) is 5.88 Å². The minimum Gasteiger partial charge on any atom is -0.481 e. The number of nitriles is 1. The molecular formula is C17H19N3O2. The summed E-state index contributed by atoms with van der Waals surface area (Å²) >= 11 is 0. The number of fused-ring (bicyclic) bond motifs is 3. The molecule has 0 N–H and O–H groups in total. The summed E-state index contributed by atoms with van der Waals surface area (Å²) in [4.78, 5) is 21.3. The number of carbonyl (C=O) groups is 1. The van der Waals surface area contributed by atoms with Gasteiger partial charge in [0.2, 0.25) is 5.88 Å². The highest BCUT2D eigenvalue weighted by atomic mass is 16.5. The number of ketones is 1. The van der Waals surface area contributed by atoms with E-state index >= 15 is 0 Å². The van der Waals surface area contributed by atoms with Gasteiger partial charge in [0.1, 0.15) is 11.9 Å². The van der Waals surface area contributed by atoms with E-state index in [1.54, 1.807) is 7.11 Å². The van der Waals surface area contributed by atoms with Crippen molar-refractivity contribution in [3.8, 4) is 11.9 Å². The highest BCUT2D eigenvalue weighted by molar-refractivity contribution is 6.02. The number of ether oxygens (including phenoxy) is 1. The average molecular weight is 297 g/mol. The van der Waals surface area contributed by atoms with Crippen molar-refractivity contribution in [1.29, 1.82) is 5.26 Å². The molecule has 0 aromatic carbocycles. The topological polar surface area (TPSA) is 75.9 Å². The Kier molecular flexibility index (Phi) is 3.28. The molecule has 0 aliphatic heterocycles. The lowest BCUT2D eigenvalue weighted by atomic mass is 9.58. The standard InChI is InChI=1S/C17H19N3O2/c1-9-13-6-5-12-15(19-10(2)20-16(12)22-4)17(13,3)7-11(8-18)14(9)21/h7,9,13H,5-6H2,1-4H3/t9-,13-,17-/m1/s1. The molecule has 3 atom stereocenters. The number of rotatable bonds is 1. The van der Waals surface area contributed by atoms with E-state index < -0.39 is 5.41 Å². The second-order valence-electron chi connectivity index (χ2n) is 6.36. The van der Waals surface area contributed by atoms with E-state index in [0.717, 1.165) is 24.1 Å². The number of Topliss-reactive ketones (excluding diaryl/α,β-unsaturated/α-hetero) is 1. The molecule has 3 rings (SSSR count). The number of hydrogen-bond donors (Lipinski definition) is 0. The fourth-order valence-electron chi connectivity index (χ4n) is 4.02. The zero-order valence-electron chi connectivity index (χ0n) is 13.3. The number of carbonyl (C=O) groups excluding carboxylic acids is 1. The van der Waals surface area contributed by atoms with E-state index in [-0.39, 0.29) is 23.2 Å². The van der Waals surface area contributed by atoms with E-state index in [4.69, 9.17) is 4.74 Å². The maximum Gasteiger partial charge on any atom is 0.219 e. The van der Waals surface area contributed by atoms with Gasteiger partial charge in [-0.05, 0) is 25.7 Å². The molecule has 1 heterocycles. The minimum absolute atomic E-state index is 0.0498. The first kappa shape index (κ1) is 14.7. The molecule has 5 heteroatoms. The lowest BCUT2D eigenvalue weighted by molar-refractivity contribution is -0.121. The van der Waals surface area contributed by atoms with Crippen LogP contribution in [0.2, 0.25) is 0 Å². The Morgan fingerprint density at radius 2 is 2.18 bits per heavy atom. The molecule has 1 aromatic rings. The predicted octanol–water partition coefficient (Wildman–Crippen LogP) is 2.28. The van der Waals surface area contributed by atoms with E-state index in [0.29, 0.717) is 11.7 Å².